The lowest BCUT2D eigenvalue weighted by molar-refractivity contribution is 0.0939. The molecule has 0 spiro atoms. The first-order valence-corrected chi connectivity index (χ1v) is 6.53. The largest absolute Gasteiger partial charge is 0.345 e. The third-order valence-corrected chi connectivity index (χ3v) is 3.28. The standard InChI is InChI=1S/C15H16N2OS/c1-10-5-6-13(19)8-14(10)15(18)17-11(2)12-4-3-7-16-9-12/h3-9,11,19H,1-2H3,(H,17,18). The summed E-state index contributed by atoms with van der Waals surface area (Å²) in [6.07, 6.45) is 3.47. The minimum absolute atomic E-state index is 0.0795. The SMILES string of the molecule is Cc1ccc(S)cc1C(=O)NC(C)c1cccnc1. The van der Waals surface area contributed by atoms with Gasteiger partial charge in [-0.25, -0.2) is 0 Å². The van der Waals surface area contributed by atoms with Crippen LogP contribution in [0, 0.1) is 6.92 Å². The molecule has 0 aliphatic rings. The second-order valence-electron chi connectivity index (χ2n) is 4.48. The molecule has 98 valence electrons. The number of aromatic nitrogens is 1. The summed E-state index contributed by atoms with van der Waals surface area (Å²) in [7, 11) is 0. The molecule has 1 amide bonds. The van der Waals surface area contributed by atoms with E-state index in [1.165, 1.54) is 0 Å². The predicted molar refractivity (Wildman–Crippen MR) is 78.5 cm³/mol. The van der Waals surface area contributed by atoms with Crippen LogP contribution in [0.4, 0.5) is 0 Å². The molecule has 19 heavy (non-hydrogen) atoms. The van der Waals surface area contributed by atoms with Gasteiger partial charge in [-0.1, -0.05) is 12.1 Å². The first-order chi connectivity index (χ1) is 9.08. The van der Waals surface area contributed by atoms with Gasteiger partial charge in [0.15, 0.2) is 0 Å². The van der Waals surface area contributed by atoms with Crippen molar-refractivity contribution < 1.29 is 4.79 Å². The van der Waals surface area contributed by atoms with Gasteiger partial charge in [0.05, 0.1) is 6.04 Å². The maximum atomic E-state index is 12.2. The first kappa shape index (κ1) is 13.6. The third kappa shape index (κ3) is 3.35. The number of hydrogen-bond donors (Lipinski definition) is 2. The van der Waals surface area contributed by atoms with Crippen molar-refractivity contribution in [3.05, 3.63) is 59.4 Å². The smallest absolute Gasteiger partial charge is 0.252 e. The summed E-state index contributed by atoms with van der Waals surface area (Å²) >= 11 is 4.27. The molecule has 0 fully saturated rings. The Balaban J connectivity index is 2.15. The highest BCUT2D eigenvalue weighted by molar-refractivity contribution is 7.80. The highest BCUT2D eigenvalue weighted by Crippen LogP contribution is 2.16. The Morgan fingerprint density at radius 1 is 1.37 bits per heavy atom. The van der Waals surface area contributed by atoms with Crippen LogP contribution >= 0.6 is 12.6 Å². The molecule has 0 saturated heterocycles. The zero-order valence-electron chi connectivity index (χ0n) is 10.9. The molecule has 1 N–H and O–H groups in total. The highest BCUT2D eigenvalue weighted by atomic mass is 32.1. The van der Waals surface area contributed by atoms with Crippen molar-refractivity contribution in [1.29, 1.82) is 0 Å². The van der Waals surface area contributed by atoms with Crippen molar-refractivity contribution in [3.8, 4) is 0 Å². The van der Waals surface area contributed by atoms with E-state index in [1.807, 2.05) is 38.1 Å². The summed E-state index contributed by atoms with van der Waals surface area (Å²) in [6.45, 7) is 3.85. The molecule has 1 aromatic heterocycles. The van der Waals surface area contributed by atoms with Gasteiger partial charge in [-0.05, 0) is 43.2 Å². The molecule has 0 aliphatic carbocycles. The Bertz CT molecular complexity index is 584. The van der Waals surface area contributed by atoms with Gasteiger partial charge in [-0.2, -0.15) is 0 Å². The minimum Gasteiger partial charge on any atom is -0.345 e. The van der Waals surface area contributed by atoms with Gasteiger partial charge >= 0.3 is 0 Å². The molecule has 1 aromatic carbocycles. The zero-order valence-corrected chi connectivity index (χ0v) is 11.8. The summed E-state index contributed by atoms with van der Waals surface area (Å²) in [5.41, 5.74) is 2.58. The number of nitrogens with one attached hydrogen (secondary N) is 1. The van der Waals surface area contributed by atoms with Crippen molar-refractivity contribution in [3.63, 3.8) is 0 Å². The van der Waals surface area contributed by atoms with Crippen LogP contribution in [-0.2, 0) is 0 Å². The van der Waals surface area contributed by atoms with Gasteiger partial charge in [0.2, 0.25) is 0 Å². The summed E-state index contributed by atoms with van der Waals surface area (Å²) < 4.78 is 0. The van der Waals surface area contributed by atoms with E-state index in [0.29, 0.717) is 5.56 Å². The fourth-order valence-corrected chi connectivity index (χ4v) is 2.05. The molecule has 0 aliphatic heterocycles. The fraction of sp³-hybridized carbons (Fsp3) is 0.200. The molecule has 2 aromatic rings. The first-order valence-electron chi connectivity index (χ1n) is 6.08. The monoisotopic (exact) mass is 272 g/mol. The molecule has 0 radical (unpaired) electrons. The van der Waals surface area contributed by atoms with Crippen LogP contribution in [0.2, 0.25) is 0 Å². The lowest BCUT2D eigenvalue weighted by atomic mass is 10.1. The number of carbonyl (C=O) groups excluding carboxylic acids is 1. The summed E-state index contributed by atoms with van der Waals surface area (Å²) in [6, 6.07) is 9.27. The Morgan fingerprint density at radius 3 is 2.84 bits per heavy atom. The van der Waals surface area contributed by atoms with Crippen LogP contribution in [-0.4, -0.2) is 10.9 Å². The quantitative estimate of drug-likeness (QED) is 0.843. The van der Waals surface area contributed by atoms with Crippen molar-refractivity contribution in [1.82, 2.24) is 10.3 Å². The van der Waals surface area contributed by atoms with E-state index in [0.717, 1.165) is 16.0 Å². The Labute approximate surface area is 118 Å². The van der Waals surface area contributed by atoms with Crippen LogP contribution in [0.1, 0.15) is 34.5 Å². The van der Waals surface area contributed by atoms with Crippen molar-refractivity contribution in [2.45, 2.75) is 24.8 Å². The van der Waals surface area contributed by atoms with Gasteiger partial charge in [-0.15, -0.1) is 12.6 Å². The van der Waals surface area contributed by atoms with Crippen molar-refractivity contribution >= 4 is 18.5 Å². The number of rotatable bonds is 3. The van der Waals surface area contributed by atoms with E-state index >= 15 is 0 Å². The maximum Gasteiger partial charge on any atom is 0.252 e. The van der Waals surface area contributed by atoms with Crippen molar-refractivity contribution in [2.75, 3.05) is 0 Å². The molecule has 0 saturated carbocycles. The normalized spacial score (nSPS) is 11.9. The van der Waals surface area contributed by atoms with Gasteiger partial charge in [-0.3, -0.25) is 9.78 Å². The number of benzene rings is 1. The number of pyridine rings is 1. The molecular weight excluding hydrogens is 256 g/mol. The van der Waals surface area contributed by atoms with E-state index < -0.39 is 0 Å². The van der Waals surface area contributed by atoms with E-state index in [2.05, 4.69) is 22.9 Å². The topological polar surface area (TPSA) is 42.0 Å². The van der Waals surface area contributed by atoms with E-state index in [1.54, 1.807) is 18.5 Å². The fourth-order valence-electron chi connectivity index (χ4n) is 1.84. The molecule has 3 nitrogen and oxygen atoms in total. The van der Waals surface area contributed by atoms with Gasteiger partial charge in [0, 0.05) is 22.9 Å². The molecule has 1 atom stereocenters. The van der Waals surface area contributed by atoms with E-state index in [4.69, 9.17) is 0 Å². The molecule has 2 rings (SSSR count). The molecule has 4 heteroatoms. The number of aryl methyl sites for hydroxylation is 1. The number of thiol groups is 1. The Hall–Kier alpha value is -1.81. The lowest BCUT2D eigenvalue weighted by Gasteiger charge is -2.15. The van der Waals surface area contributed by atoms with Crippen molar-refractivity contribution in [2.24, 2.45) is 0 Å². The second kappa shape index (κ2) is 5.89. The molecule has 1 heterocycles. The number of hydrogen-bond acceptors (Lipinski definition) is 3. The van der Waals surface area contributed by atoms with Crippen LogP contribution in [0.15, 0.2) is 47.6 Å². The van der Waals surface area contributed by atoms with E-state index in [9.17, 15) is 4.79 Å². The second-order valence-corrected chi connectivity index (χ2v) is 5.00. The van der Waals surface area contributed by atoms with Crippen LogP contribution < -0.4 is 5.32 Å². The highest BCUT2D eigenvalue weighted by Gasteiger charge is 2.13. The summed E-state index contributed by atoms with van der Waals surface area (Å²) in [5.74, 6) is -0.0928. The molecule has 1 unspecified atom stereocenters. The minimum atomic E-state index is -0.0928. The Kier molecular flexibility index (Phi) is 4.22. The van der Waals surface area contributed by atoms with Crippen LogP contribution in [0.5, 0.6) is 0 Å². The molecular formula is C15H16N2OS. The number of amides is 1. The average Bonchev–Trinajstić information content (AvgIpc) is 2.42. The Morgan fingerprint density at radius 2 is 2.16 bits per heavy atom. The maximum absolute atomic E-state index is 12.2. The number of carbonyl (C=O) groups is 1. The lowest BCUT2D eigenvalue weighted by Crippen LogP contribution is -2.27. The summed E-state index contributed by atoms with van der Waals surface area (Å²) in [4.78, 5) is 17.1. The molecule has 0 bridgehead atoms. The van der Waals surface area contributed by atoms with E-state index in [-0.39, 0.29) is 11.9 Å². The van der Waals surface area contributed by atoms with Crippen LogP contribution in [0.3, 0.4) is 0 Å². The predicted octanol–water partition coefficient (Wildman–Crippen LogP) is 3.17. The zero-order chi connectivity index (χ0) is 13.8. The average molecular weight is 272 g/mol. The summed E-state index contributed by atoms with van der Waals surface area (Å²) in [5, 5.41) is 2.97. The van der Waals surface area contributed by atoms with Gasteiger partial charge in [0.1, 0.15) is 0 Å². The van der Waals surface area contributed by atoms with Gasteiger partial charge in [0.25, 0.3) is 5.91 Å². The number of nitrogens with zero attached hydrogens (tertiary/aromatic N) is 1. The third-order valence-electron chi connectivity index (χ3n) is 3.00. The van der Waals surface area contributed by atoms with Crippen LogP contribution in [0.25, 0.3) is 0 Å². The van der Waals surface area contributed by atoms with Gasteiger partial charge < -0.3 is 5.32 Å².